The molecule has 1 heterocycles. The quantitative estimate of drug-likeness (QED) is 0.261. The number of carbonyl (C=O) groups is 1. The van der Waals surface area contributed by atoms with Gasteiger partial charge in [0.2, 0.25) is 0 Å². The fourth-order valence-corrected chi connectivity index (χ4v) is 7.46. The summed E-state index contributed by atoms with van der Waals surface area (Å²) in [6.45, 7) is 14.7. The van der Waals surface area contributed by atoms with Gasteiger partial charge in [0.05, 0.1) is 16.7 Å². The summed E-state index contributed by atoms with van der Waals surface area (Å²) in [5, 5.41) is 0. The first-order chi connectivity index (χ1) is 18.6. The minimum absolute atomic E-state index is 0.0282. The number of aromatic nitrogens is 2. The summed E-state index contributed by atoms with van der Waals surface area (Å²) in [4.78, 5) is 29.8. The second kappa shape index (κ2) is 11.5. The molecule has 0 atom stereocenters. The number of nitrogens with zero attached hydrogens (tertiary/aromatic N) is 4. The average molecular weight is 573 g/mol. The Balaban J connectivity index is 1.34. The van der Waals surface area contributed by atoms with E-state index in [0.717, 1.165) is 42.2 Å². The van der Waals surface area contributed by atoms with Gasteiger partial charge in [0.1, 0.15) is 12.3 Å². The zero-order valence-electron chi connectivity index (χ0n) is 26.4. The summed E-state index contributed by atoms with van der Waals surface area (Å²) >= 11 is 0. The van der Waals surface area contributed by atoms with Crippen LogP contribution in [0.25, 0.3) is 11.0 Å². The molecule has 1 aromatic carbocycles. The molecule has 8 nitrogen and oxygen atoms in total. The Morgan fingerprint density at radius 3 is 2.38 bits per heavy atom. The lowest BCUT2D eigenvalue weighted by molar-refractivity contribution is -0.0173. The SMILES string of the molecule is CN(CC1CC2(CCC(N(C)C(=O)OC(C)(C)C)CC2)C1)c1cccc2c1n(C)c(=O)n2COCC[Si](C)(C)C. The van der Waals surface area contributed by atoms with Crippen LogP contribution in [0.15, 0.2) is 23.0 Å². The molecule has 9 heteroatoms. The summed E-state index contributed by atoms with van der Waals surface area (Å²) in [5.74, 6) is 0.643. The zero-order valence-corrected chi connectivity index (χ0v) is 27.4. The highest BCUT2D eigenvalue weighted by atomic mass is 28.3. The van der Waals surface area contributed by atoms with E-state index >= 15 is 0 Å². The van der Waals surface area contributed by atoms with Gasteiger partial charge in [-0.2, -0.15) is 0 Å². The Hall–Kier alpha value is -2.26. The van der Waals surface area contributed by atoms with Crippen molar-refractivity contribution in [3.63, 3.8) is 0 Å². The molecule has 2 saturated carbocycles. The van der Waals surface area contributed by atoms with Crippen LogP contribution in [0.3, 0.4) is 0 Å². The van der Waals surface area contributed by atoms with E-state index < -0.39 is 13.7 Å². The number of para-hydroxylation sites is 1. The number of anilines is 1. The minimum atomic E-state index is -1.18. The number of ether oxygens (including phenoxy) is 2. The van der Waals surface area contributed by atoms with Gasteiger partial charge in [-0.25, -0.2) is 9.59 Å². The number of aryl methyl sites for hydroxylation is 1. The largest absolute Gasteiger partial charge is 0.444 e. The third-order valence-corrected chi connectivity index (χ3v) is 10.7. The molecule has 1 aromatic heterocycles. The molecular weight excluding hydrogens is 520 g/mol. The van der Waals surface area contributed by atoms with Crippen LogP contribution in [0.1, 0.15) is 59.3 Å². The molecular formula is C31H52N4O4Si. The predicted octanol–water partition coefficient (Wildman–Crippen LogP) is 6.29. The molecule has 1 spiro atoms. The van der Waals surface area contributed by atoms with E-state index in [9.17, 15) is 9.59 Å². The number of hydrogen-bond acceptors (Lipinski definition) is 5. The van der Waals surface area contributed by atoms with Crippen LogP contribution < -0.4 is 10.6 Å². The number of imidazole rings is 1. The normalized spacial score (nSPS) is 23.3. The Kier molecular flexibility index (Phi) is 8.86. The fourth-order valence-electron chi connectivity index (χ4n) is 6.70. The topological polar surface area (TPSA) is 68.9 Å². The Morgan fingerprint density at radius 2 is 1.77 bits per heavy atom. The van der Waals surface area contributed by atoms with Crippen molar-refractivity contribution in [1.29, 1.82) is 0 Å². The monoisotopic (exact) mass is 572 g/mol. The summed E-state index contributed by atoms with van der Waals surface area (Å²) in [6, 6.07) is 7.57. The third-order valence-electron chi connectivity index (χ3n) is 8.99. The number of benzene rings is 1. The highest BCUT2D eigenvalue weighted by Gasteiger charge is 2.47. The second-order valence-corrected chi connectivity index (χ2v) is 20.4. The van der Waals surface area contributed by atoms with Gasteiger partial charge in [0.25, 0.3) is 0 Å². The van der Waals surface area contributed by atoms with Crippen molar-refractivity contribution in [2.24, 2.45) is 18.4 Å². The predicted molar refractivity (Wildman–Crippen MR) is 166 cm³/mol. The van der Waals surface area contributed by atoms with Crippen molar-refractivity contribution in [3.8, 4) is 0 Å². The second-order valence-electron chi connectivity index (χ2n) is 14.7. The number of rotatable bonds is 9. The van der Waals surface area contributed by atoms with E-state index in [2.05, 4.69) is 43.7 Å². The zero-order chi connectivity index (χ0) is 29.5. The van der Waals surface area contributed by atoms with Crippen LogP contribution >= 0.6 is 0 Å². The van der Waals surface area contributed by atoms with Gasteiger partial charge in [0.15, 0.2) is 0 Å². The molecule has 2 fully saturated rings. The third kappa shape index (κ3) is 6.96. The number of hydrogen-bond donors (Lipinski definition) is 0. The van der Waals surface area contributed by atoms with E-state index in [4.69, 9.17) is 9.47 Å². The molecule has 0 N–H and O–H groups in total. The molecule has 0 radical (unpaired) electrons. The molecule has 0 unspecified atom stereocenters. The van der Waals surface area contributed by atoms with Gasteiger partial charge >= 0.3 is 11.8 Å². The lowest BCUT2D eigenvalue weighted by atomic mass is 9.55. The Labute approximate surface area is 241 Å². The van der Waals surface area contributed by atoms with Crippen LogP contribution in [0, 0.1) is 11.3 Å². The lowest BCUT2D eigenvalue weighted by Crippen LogP contribution is -2.49. The molecule has 0 aliphatic heterocycles. The first-order valence-corrected chi connectivity index (χ1v) is 18.7. The maximum absolute atomic E-state index is 13.1. The van der Waals surface area contributed by atoms with Gasteiger partial charge in [-0.05, 0) is 88.8 Å². The molecule has 2 aliphatic carbocycles. The molecule has 0 saturated heterocycles. The summed E-state index contributed by atoms with van der Waals surface area (Å²) in [6.07, 6.45) is 6.71. The van der Waals surface area contributed by atoms with E-state index in [1.54, 1.807) is 9.13 Å². The Morgan fingerprint density at radius 1 is 1.12 bits per heavy atom. The molecule has 2 aliphatic rings. The molecule has 40 heavy (non-hydrogen) atoms. The molecule has 0 bridgehead atoms. The molecule has 1 amide bonds. The van der Waals surface area contributed by atoms with E-state index in [1.807, 2.05) is 45.8 Å². The maximum Gasteiger partial charge on any atom is 0.410 e. The van der Waals surface area contributed by atoms with Crippen LogP contribution in [0.5, 0.6) is 0 Å². The Bertz CT molecular complexity index is 1240. The maximum atomic E-state index is 13.1. The van der Waals surface area contributed by atoms with Crippen molar-refractivity contribution >= 4 is 30.9 Å². The van der Waals surface area contributed by atoms with Crippen molar-refractivity contribution in [1.82, 2.24) is 14.0 Å². The lowest BCUT2D eigenvalue weighted by Gasteiger charge is -2.53. The number of amides is 1. The van der Waals surface area contributed by atoms with E-state index in [0.29, 0.717) is 24.7 Å². The van der Waals surface area contributed by atoms with Crippen LogP contribution in [0.2, 0.25) is 25.7 Å². The summed E-state index contributed by atoms with van der Waals surface area (Å²) in [5.41, 5.74) is 2.94. The summed E-state index contributed by atoms with van der Waals surface area (Å²) in [7, 11) is 4.73. The first kappa shape index (κ1) is 30.7. The van der Waals surface area contributed by atoms with Crippen LogP contribution in [0.4, 0.5) is 10.5 Å². The van der Waals surface area contributed by atoms with Gasteiger partial charge < -0.3 is 19.3 Å². The highest BCUT2D eigenvalue weighted by Crippen LogP contribution is 2.55. The van der Waals surface area contributed by atoms with Crippen LogP contribution in [-0.2, 0) is 23.3 Å². The smallest absolute Gasteiger partial charge is 0.410 e. The van der Waals surface area contributed by atoms with Crippen molar-refractivity contribution in [2.75, 3.05) is 32.1 Å². The van der Waals surface area contributed by atoms with E-state index in [1.165, 1.54) is 25.7 Å². The van der Waals surface area contributed by atoms with Crippen molar-refractivity contribution < 1.29 is 14.3 Å². The molecule has 2 aromatic rings. The van der Waals surface area contributed by atoms with Gasteiger partial charge in [-0.3, -0.25) is 9.13 Å². The van der Waals surface area contributed by atoms with Gasteiger partial charge in [-0.1, -0.05) is 25.7 Å². The van der Waals surface area contributed by atoms with Gasteiger partial charge in [-0.15, -0.1) is 0 Å². The summed E-state index contributed by atoms with van der Waals surface area (Å²) < 4.78 is 15.1. The molecule has 4 rings (SSSR count). The van der Waals surface area contributed by atoms with Crippen molar-refractivity contribution in [3.05, 3.63) is 28.7 Å². The van der Waals surface area contributed by atoms with E-state index in [-0.39, 0.29) is 17.8 Å². The van der Waals surface area contributed by atoms with Crippen LogP contribution in [-0.4, -0.2) is 67.1 Å². The first-order valence-electron chi connectivity index (χ1n) is 15.0. The standard InChI is InChI=1S/C31H52N4O4Si/c1-30(2,3)39-29(37)33(5)24-13-15-31(16-14-24)19-23(20-31)21-32(4)25-11-10-12-26-27(25)34(6)28(36)35(26)22-38-17-18-40(7,8)9/h10-12,23-24H,13-22H2,1-9H3. The minimum Gasteiger partial charge on any atom is -0.444 e. The fraction of sp³-hybridized carbons (Fsp3) is 0.742. The molecule has 224 valence electrons. The number of fused-ring (bicyclic) bond motifs is 1. The highest BCUT2D eigenvalue weighted by molar-refractivity contribution is 6.76. The van der Waals surface area contributed by atoms with Gasteiger partial charge in [0, 0.05) is 48.4 Å². The number of carbonyl (C=O) groups excluding carboxylic acids is 1. The average Bonchev–Trinajstić information content (AvgIpc) is 3.08. The van der Waals surface area contributed by atoms with Crippen molar-refractivity contribution in [2.45, 2.75) is 103 Å².